The van der Waals surface area contributed by atoms with Crippen LogP contribution in [0.25, 0.3) is 0 Å². The fourth-order valence-electron chi connectivity index (χ4n) is 3.31. The molecule has 0 fully saturated rings. The van der Waals surface area contributed by atoms with Gasteiger partial charge in [0.2, 0.25) is 0 Å². The minimum atomic E-state index is 0.381. The zero-order valence-corrected chi connectivity index (χ0v) is 20.4. The van der Waals surface area contributed by atoms with Crippen LogP contribution in [-0.4, -0.2) is 12.6 Å². The minimum absolute atomic E-state index is 0.381. The molecule has 3 nitrogen and oxygen atoms in total. The first-order valence-electron chi connectivity index (χ1n) is 10.7. The summed E-state index contributed by atoms with van der Waals surface area (Å²) in [6, 6.07) is 22.8. The molecule has 1 atom stereocenters. The maximum atomic E-state index is 6.26. The van der Waals surface area contributed by atoms with Crippen molar-refractivity contribution in [3.8, 4) is 11.5 Å². The molecule has 31 heavy (non-hydrogen) atoms. The molecule has 1 N–H and O–H groups in total. The first kappa shape index (κ1) is 23.6. The number of rotatable bonds is 11. The lowest BCUT2D eigenvalue weighted by atomic mass is 10.1. The summed E-state index contributed by atoms with van der Waals surface area (Å²) in [4.78, 5) is 0. The Morgan fingerprint density at radius 2 is 1.71 bits per heavy atom. The van der Waals surface area contributed by atoms with Gasteiger partial charge in [0.25, 0.3) is 0 Å². The predicted octanol–water partition coefficient (Wildman–Crippen LogP) is 7.19. The Balaban J connectivity index is 1.61. The van der Waals surface area contributed by atoms with Crippen molar-refractivity contribution in [1.29, 1.82) is 0 Å². The molecule has 0 saturated heterocycles. The van der Waals surface area contributed by atoms with E-state index in [1.54, 1.807) is 0 Å². The number of benzene rings is 3. The summed E-state index contributed by atoms with van der Waals surface area (Å²) in [5.41, 5.74) is 3.46. The molecule has 164 valence electrons. The zero-order valence-electron chi connectivity index (χ0n) is 18.0. The molecule has 0 radical (unpaired) electrons. The highest BCUT2D eigenvalue weighted by atomic mass is 79.9. The SMILES string of the molecule is CCOc1cc(CNC(C)CCc2ccccc2)cc(Br)c1OCc1ccccc1Cl. The Labute approximate surface area is 198 Å². The second-order valence-electron chi connectivity index (χ2n) is 7.52. The molecule has 3 aromatic rings. The van der Waals surface area contributed by atoms with E-state index in [1.165, 1.54) is 5.56 Å². The molecule has 0 aliphatic carbocycles. The quantitative estimate of drug-likeness (QED) is 0.301. The summed E-state index contributed by atoms with van der Waals surface area (Å²) in [5, 5.41) is 4.31. The average Bonchev–Trinajstić information content (AvgIpc) is 2.77. The summed E-state index contributed by atoms with van der Waals surface area (Å²) in [7, 11) is 0. The van der Waals surface area contributed by atoms with Crippen molar-refractivity contribution in [3.63, 3.8) is 0 Å². The second-order valence-corrected chi connectivity index (χ2v) is 8.79. The predicted molar refractivity (Wildman–Crippen MR) is 132 cm³/mol. The van der Waals surface area contributed by atoms with E-state index in [2.05, 4.69) is 64.6 Å². The van der Waals surface area contributed by atoms with Crippen LogP contribution in [0, 0.1) is 0 Å². The molecule has 0 saturated carbocycles. The first-order valence-corrected chi connectivity index (χ1v) is 11.8. The van der Waals surface area contributed by atoms with Crippen molar-refractivity contribution < 1.29 is 9.47 Å². The molecule has 1 unspecified atom stereocenters. The van der Waals surface area contributed by atoms with Crippen LogP contribution >= 0.6 is 27.5 Å². The van der Waals surface area contributed by atoms with Crippen molar-refractivity contribution in [2.45, 2.75) is 45.9 Å². The third-order valence-electron chi connectivity index (χ3n) is 5.06. The van der Waals surface area contributed by atoms with E-state index in [0.717, 1.165) is 40.7 Å². The lowest BCUT2D eigenvalue weighted by Gasteiger charge is -2.18. The van der Waals surface area contributed by atoms with Crippen LogP contribution in [0.15, 0.2) is 71.2 Å². The molecule has 0 aliphatic heterocycles. The van der Waals surface area contributed by atoms with Crippen LogP contribution in [0.3, 0.4) is 0 Å². The monoisotopic (exact) mass is 501 g/mol. The Kier molecular flexibility index (Phi) is 9.26. The van der Waals surface area contributed by atoms with Gasteiger partial charge in [0.1, 0.15) is 6.61 Å². The Morgan fingerprint density at radius 1 is 0.968 bits per heavy atom. The van der Waals surface area contributed by atoms with E-state index in [9.17, 15) is 0 Å². The van der Waals surface area contributed by atoms with Gasteiger partial charge in [-0.2, -0.15) is 0 Å². The summed E-state index contributed by atoms with van der Waals surface area (Å²) in [5.74, 6) is 1.43. The Morgan fingerprint density at radius 3 is 2.45 bits per heavy atom. The number of hydrogen-bond acceptors (Lipinski definition) is 3. The number of nitrogens with one attached hydrogen (secondary N) is 1. The first-order chi connectivity index (χ1) is 15.1. The summed E-state index contributed by atoms with van der Waals surface area (Å²) >= 11 is 9.92. The molecule has 3 aromatic carbocycles. The van der Waals surface area contributed by atoms with Crippen molar-refractivity contribution in [3.05, 3.63) is 92.9 Å². The molecular weight excluding hydrogens is 474 g/mol. The van der Waals surface area contributed by atoms with Gasteiger partial charge < -0.3 is 14.8 Å². The molecule has 0 aliphatic rings. The Hall–Kier alpha value is -2.01. The summed E-state index contributed by atoms with van der Waals surface area (Å²) < 4.78 is 12.8. The smallest absolute Gasteiger partial charge is 0.175 e. The standard InChI is InChI=1S/C26H29BrClNO2/c1-3-30-25-16-21(17-29-19(2)13-14-20-9-5-4-6-10-20)15-23(27)26(25)31-18-22-11-7-8-12-24(22)28/h4-12,15-16,19,29H,3,13-14,17-18H2,1-2H3. The molecular formula is C26H29BrClNO2. The van der Waals surface area contributed by atoms with Gasteiger partial charge in [0, 0.05) is 23.2 Å². The fourth-order valence-corrected chi connectivity index (χ4v) is 4.11. The normalized spacial score (nSPS) is 11.9. The van der Waals surface area contributed by atoms with Gasteiger partial charge in [-0.15, -0.1) is 0 Å². The lowest BCUT2D eigenvalue weighted by molar-refractivity contribution is 0.267. The molecule has 0 aromatic heterocycles. The van der Waals surface area contributed by atoms with Gasteiger partial charge in [-0.1, -0.05) is 60.1 Å². The van der Waals surface area contributed by atoms with Crippen LogP contribution in [0.5, 0.6) is 11.5 Å². The molecule has 3 rings (SSSR count). The molecule has 5 heteroatoms. The number of ether oxygens (including phenoxy) is 2. The fraction of sp³-hybridized carbons (Fsp3) is 0.308. The van der Waals surface area contributed by atoms with Gasteiger partial charge >= 0.3 is 0 Å². The lowest BCUT2D eigenvalue weighted by Crippen LogP contribution is -2.26. The van der Waals surface area contributed by atoms with E-state index in [1.807, 2.05) is 37.3 Å². The van der Waals surface area contributed by atoms with Crippen molar-refractivity contribution in [2.24, 2.45) is 0 Å². The van der Waals surface area contributed by atoms with Gasteiger partial charge in [0.15, 0.2) is 11.5 Å². The topological polar surface area (TPSA) is 30.5 Å². The molecule has 0 heterocycles. The van der Waals surface area contributed by atoms with E-state index in [0.29, 0.717) is 30.0 Å². The number of aryl methyl sites for hydroxylation is 1. The van der Waals surface area contributed by atoms with Crippen molar-refractivity contribution in [2.75, 3.05) is 6.61 Å². The van der Waals surface area contributed by atoms with Gasteiger partial charge in [-0.25, -0.2) is 0 Å². The highest BCUT2D eigenvalue weighted by Gasteiger charge is 2.14. The van der Waals surface area contributed by atoms with Crippen LogP contribution in [0.2, 0.25) is 5.02 Å². The van der Waals surface area contributed by atoms with Gasteiger partial charge in [-0.05, 0) is 71.9 Å². The number of hydrogen-bond donors (Lipinski definition) is 1. The molecule has 0 bridgehead atoms. The largest absolute Gasteiger partial charge is 0.490 e. The Bertz CT molecular complexity index is 965. The third-order valence-corrected chi connectivity index (χ3v) is 6.02. The zero-order chi connectivity index (χ0) is 22.1. The van der Waals surface area contributed by atoms with Gasteiger partial charge in [-0.3, -0.25) is 0 Å². The van der Waals surface area contributed by atoms with E-state index >= 15 is 0 Å². The average molecular weight is 503 g/mol. The maximum absolute atomic E-state index is 6.26. The van der Waals surface area contributed by atoms with Crippen LogP contribution < -0.4 is 14.8 Å². The van der Waals surface area contributed by atoms with E-state index < -0.39 is 0 Å². The second kappa shape index (κ2) is 12.1. The maximum Gasteiger partial charge on any atom is 0.175 e. The van der Waals surface area contributed by atoms with Crippen LogP contribution in [0.4, 0.5) is 0 Å². The molecule has 0 spiro atoms. The highest BCUT2D eigenvalue weighted by molar-refractivity contribution is 9.10. The van der Waals surface area contributed by atoms with Gasteiger partial charge in [0.05, 0.1) is 11.1 Å². The third kappa shape index (κ3) is 7.27. The highest BCUT2D eigenvalue weighted by Crippen LogP contribution is 2.38. The minimum Gasteiger partial charge on any atom is -0.490 e. The van der Waals surface area contributed by atoms with Crippen LogP contribution in [0.1, 0.15) is 37.0 Å². The van der Waals surface area contributed by atoms with Crippen LogP contribution in [-0.2, 0) is 19.6 Å². The summed E-state index contributed by atoms with van der Waals surface area (Å²) in [6.07, 6.45) is 2.15. The van der Waals surface area contributed by atoms with Crippen molar-refractivity contribution in [1.82, 2.24) is 5.32 Å². The molecule has 0 amide bonds. The van der Waals surface area contributed by atoms with Crippen molar-refractivity contribution >= 4 is 27.5 Å². The van der Waals surface area contributed by atoms with E-state index in [-0.39, 0.29) is 0 Å². The summed E-state index contributed by atoms with van der Waals surface area (Å²) in [6.45, 7) is 5.91. The number of halogens is 2. The van der Waals surface area contributed by atoms with E-state index in [4.69, 9.17) is 21.1 Å².